The third-order valence-corrected chi connectivity index (χ3v) is 3.03. The average molecular weight is 314 g/mol. The zero-order chi connectivity index (χ0) is 14.5. The summed E-state index contributed by atoms with van der Waals surface area (Å²) in [4.78, 5) is 12.0. The van der Waals surface area contributed by atoms with Crippen LogP contribution in [-0.4, -0.2) is 45.5 Å². The van der Waals surface area contributed by atoms with Gasteiger partial charge in [-0.15, -0.1) is 5.10 Å². The van der Waals surface area contributed by atoms with Crippen LogP contribution in [0.25, 0.3) is 5.69 Å². The second-order valence-electron chi connectivity index (χ2n) is 3.74. The van der Waals surface area contributed by atoms with Crippen LogP contribution in [0.15, 0.2) is 18.5 Å². The lowest BCUT2D eigenvalue weighted by atomic mass is 10.1. The van der Waals surface area contributed by atoms with Gasteiger partial charge < -0.3 is 10.1 Å². The summed E-state index contributed by atoms with van der Waals surface area (Å²) >= 11 is 10.2. The number of benzene rings is 1. The lowest BCUT2D eigenvalue weighted by Gasteiger charge is -2.12. The lowest BCUT2D eigenvalue weighted by Crippen LogP contribution is -2.25. The quantitative estimate of drug-likeness (QED) is 0.804. The number of halogens is 1. The summed E-state index contributed by atoms with van der Waals surface area (Å²) in [6, 6.07) is 3.12. The van der Waals surface area contributed by atoms with E-state index < -0.39 is 0 Å². The third kappa shape index (κ3) is 3.02. The van der Waals surface area contributed by atoms with Crippen molar-refractivity contribution in [3.8, 4) is 11.4 Å². The number of tetrazole rings is 1. The second kappa shape index (κ2) is 6.58. The van der Waals surface area contributed by atoms with Crippen LogP contribution in [0.3, 0.4) is 0 Å². The van der Waals surface area contributed by atoms with E-state index in [9.17, 15) is 4.79 Å². The van der Waals surface area contributed by atoms with Crippen LogP contribution in [0, 0.1) is 0 Å². The zero-order valence-electron chi connectivity index (χ0n) is 10.6. The number of carbonyl (C=O) groups excluding carboxylic acids is 1. The fraction of sp³-hybridized carbons (Fsp3) is 0.273. The highest BCUT2D eigenvalue weighted by atomic mass is 35.5. The van der Waals surface area contributed by atoms with Gasteiger partial charge in [-0.3, -0.25) is 4.79 Å². The summed E-state index contributed by atoms with van der Waals surface area (Å²) in [5, 5.41) is 13.9. The summed E-state index contributed by atoms with van der Waals surface area (Å²) in [7, 11) is 1.47. The van der Waals surface area contributed by atoms with Crippen LogP contribution >= 0.6 is 24.2 Å². The fourth-order valence-electron chi connectivity index (χ4n) is 1.60. The summed E-state index contributed by atoms with van der Waals surface area (Å²) in [5.74, 6) is 0.655. The van der Waals surface area contributed by atoms with Gasteiger partial charge in [0.2, 0.25) is 0 Å². The molecule has 0 saturated heterocycles. The minimum Gasteiger partial charge on any atom is -0.496 e. The number of carbonyl (C=O) groups is 1. The van der Waals surface area contributed by atoms with Crippen molar-refractivity contribution in [1.82, 2.24) is 25.5 Å². The number of ether oxygens (including phenoxy) is 1. The van der Waals surface area contributed by atoms with Crippen molar-refractivity contribution in [2.75, 3.05) is 19.4 Å². The average Bonchev–Trinajstić information content (AvgIpc) is 2.98. The highest BCUT2D eigenvalue weighted by molar-refractivity contribution is 7.80. The molecule has 0 bridgehead atoms. The molecule has 0 saturated carbocycles. The highest BCUT2D eigenvalue weighted by Crippen LogP contribution is 2.29. The third-order valence-electron chi connectivity index (χ3n) is 2.51. The van der Waals surface area contributed by atoms with Gasteiger partial charge in [0.15, 0.2) is 0 Å². The Balaban J connectivity index is 2.40. The topological polar surface area (TPSA) is 81.9 Å². The van der Waals surface area contributed by atoms with E-state index >= 15 is 0 Å². The molecule has 0 atom stereocenters. The fourth-order valence-corrected chi connectivity index (χ4v) is 1.96. The number of aromatic nitrogens is 4. The Morgan fingerprint density at radius 1 is 1.55 bits per heavy atom. The van der Waals surface area contributed by atoms with Crippen LogP contribution in [0.1, 0.15) is 10.4 Å². The molecule has 0 aliphatic heterocycles. The molecule has 1 aromatic heterocycles. The van der Waals surface area contributed by atoms with E-state index in [0.717, 1.165) is 0 Å². The van der Waals surface area contributed by atoms with Gasteiger partial charge in [-0.05, 0) is 16.5 Å². The van der Waals surface area contributed by atoms with Crippen molar-refractivity contribution in [3.05, 3.63) is 29.0 Å². The molecule has 1 amide bonds. The standard InChI is InChI=1S/C11H12ClN5O2S/c1-19-10-5-9(17-6-14-15-16-17)8(12)4-7(10)11(18)13-2-3-20/h4-6,20H,2-3H2,1H3,(H,13,18). The number of nitrogens with one attached hydrogen (secondary N) is 1. The van der Waals surface area contributed by atoms with Crippen molar-refractivity contribution in [2.24, 2.45) is 0 Å². The summed E-state index contributed by atoms with van der Waals surface area (Å²) in [6.07, 6.45) is 1.40. The lowest BCUT2D eigenvalue weighted by molar-refractivity contribution is 0.0953. The van der Waals surface area contributed by atoms with Crippen molar-refractivity contribution in [3.63, 3.8) is 0 Å². The first-order chi connectivity index (χ1) is 9.67. The van der Waals surface area contributed by atoms with Gasteiger partial charge in [-0.25, -0.2) is 0 Å². The first-order valence-corrected chi connectivity index (χ1v) is 6.68. The molecular formula is C11H12ClN5O2S. The van der Waals surface area contributed by atoms with Crippen molar-refractivity contribution in [2.45, 2.75) is 0 Å². The van der Waals surface area contributed by atoms with Gasteiger partial charge in [0.1, 0.15) is 12.1 Å². The predicted octanol–water partition coefficient (Wildman–Crippen LogP) is 0.984. The molecule has 0 unspecified atom stereocenters. The second-order valence-corrected chi connectivity index (χ2v) is 4.59. The van der Waals surface area contributed by atoms with E-state index in [1.807, 2.05) is 0 Å². The summed E-state index contributed by atoms with van der Waals surface area (Å²) in [6.45, 7) is 0.456. The molecule has 2 rings (SSSR count). The van der Waals surface area contributed by atoms with Gasteiger partial charge in [0.25, 0.3) is 5.91 Å². The Morgan fingerprint density at radius 3 is 2.95 bits per heavy atom. The minimum atomic E-state index is -0.277. The minimum absolute atomic E-state index is 0.277. The predicted molar refractivity (Wildman–Crippen MR) is 76.9 cm³/mol. The molecular weight excluding hydrogens is 302 g/mol. The monoisotopic (exact) mass is 313 g/mol. The molecule has 106 valence electrons. The molecule has 0 aliphatic rings. The Bertz CT molecular complexity index is 605. The Labute approximate surface area is 125 Å². The van der Waals surface area contributed by atoms with Crippen LogP contribution in [0.4, 0.5) is 0 Å². The SMILES string of the molecule is COc1cc(-n2cnnn2)c(Cl)cc1C(=O)NCCS. The first kappa shape index (κ1) is 14.6. The molecule has 0 aliphatic carbocycles. The van der Waals surface area contributed by atoms with Gasteiger partial charge in [-0.2, -0.15) is 17.3 Å². The molecule has 20 heavy (non-hydrogen) atoms. The zero-order valence-corrected chi connectivity index (χ0v) is 12.2. The number of hydrogen-bond donors (Lipinski definition) is 2. The Hall–Kier alpha value is -1.80. The van der Waals surface area contributed by atoms with Crippen molar-refractivity contribution < 1.29 is 9.53 Å². The van der Waals surface area contributed by atoms with Crippen molar-refractivity contribution >= 4 is 30.1 Å². The number of methoxy groups -OCH3 is 1. The number of amides is 1. The maximum atomic E-state index is 12.0. The molecule has 1 heterocycles. The Morgan fingerprint density at radius 2 is 2.35 bits per heavy atom. The normalized spacial score (nSPS) is 10.3. The number of rotatable bonds is 5. The van der Waals surface area contributed by atoms with Crippen LogP contribution < -0.4 is 10.1 Å². The van der Waals surface area contributed by atoms with E-state index in [-0.39, 0.29) is 5.91 Å². The van der Waals surface area contributed by atoms with E-state index in [4.69, 9.17) is 16.3 Å². The molecule has 7 nitrogen and oxygen atoms in total. The molecule has 2 aromatic rings. The first-order valence-electron chi connectivity index (χ1n) is 5.67. The molecule has 0 spiro atoms. The van der Waals surface area contributed by atoms with Crippen molar-refractivity contribution in [1.29, 1.82) is 0 Å². The van der Waals surface area contributed by atoms with Gasteiger partial charge in [0, 0.05) is 18.4 Å². The van der Waals surface area contributed by atoms with E-state index in [1.165, 1.54) is 24.2 Å². The van der Waals surface area contributed by atoms with E-state index in [2.05, 4.69) is 33.5 Å². The molecule has 1 N–H and O–H groups in total. The van der Waals surface area contributed by atoms with Crippen LogP contribution in [-0.2, 0) is 0 Å². The number of hydrogen-bond acceptors (Lipinski definition) is 6. The van der Waals surface area contributed by atoms with E-state index in [0.29, 0.717) is 34.3 Å². The van der Waals surface area contributed by atoms with Crippen LogP contribution in [0.2, 0.25) is 5.02 Å². The summed E-state index contributed by atoms with van der Waals surface area (Å²) in [5.41, 5.74) is 0.871. The molecule has 9 heteroatoms. The largest absolute Gasteiger partial charge is 0.496 e. The maximum absolute atomic E-state index is 12.0. The smallest absolute Gasteiger partial charge is 0.255 e. The number of nitrogens with zero attached hydrogens (tertiary/aromatic N) is 4. The highest BCUT2D eigenvalue weighted by Gasteiger charge is 2.16. The summed E-state index contributed by atoms with van der Waals surface area (Å²) < 4.78 is 6.61. The van der Waals surface area contributed by atoms with Crippen LogP contribution in [0.5, 0.6) is 5.75 Å². The van der Waals surface area contributed by atoms with E-state index in [1.54, 1.807) is 6.07 Å². The maximum Gasteiger partial charge on any atom is 0.255 e. The molecule has 1 aromatic carbocycles. The van der Waals surface area contributed by atoms with Gasteiger partial charge in [-0.1, -0.05) is 11.6 Å². The Kier molecular flexibility index (Phi) is 4.80. The van der Waals surface area contributed by atoms with Gasteiger partial charge >= 0.3 is 0 Å². The van der Waals surface area contributed by atoms with Gasteiger partial charge in [0.05, 0.1) is 23.4 Å². The molecule has 0 radical (unpaired) electrons. The molecule has 0 fully saturated rings. The number of thiol groups is 1.